The van der Waals surface area contributed by atoms with Gasteiger partial charge in [-0.3, -0.25) is 4.79 Å². The van der Waals surface area contributed by atoms with E-state index < -0.39 is 11.6 Å². The summed E-state index contributed by atoms with van der Waals surface area (Å²) in [5.41, 5.74) is 1.80. The number of ether oxygens (including phenoxy) is 2. The highest BCUT2D eigenvalue weighted by Crippen LogP contribution is 2.24. The van der Waals surface area contributed by atoms with Crippen molar-refractivity contribution in [1.29, 1.82) is 0 Å². The molecule has 3 rings (SSSR count). The molecule has 0 fully saturated rings. The summed E-state index contributed by atoms with van der Waals surface area (Å²) >= 11 is 0. The highest BCUT2D eigenvalue weighted by molar-refractivity contribution is 6.06. The van der Waals surface area contributed by atoms with Crippen LogP contribution in [0, 0.1) is 11.6 Å². The largest absolute Gasteiger partial charge is 0.508 e. The molecule has 0 radical (unpaired) electrons. The number of hydrogen-bond acceptors (Lipinski definition) is 4. The molecule has 0 heterocycles. The van der Waals surface area contributed by atoms with Gasteiger partial charge in [-0.05, 0) is 60.2 Å². The zero-order chi connectivity index (χ0) is 20.8. The third kappa shape index (κ3) is 5.19. The fraction of sp³-hybridized carbons (Fsp3) is 0.0870. The topological polar surface area (TPSA) is 55.8 Å². The van der Waals surface area contributed by atoms with Crippen molar-refractivity contribution in [2.24, 2.45) is 0 Å². The lowest BCUT2D eigenvalue weighted by molar-refractivity contribution is 0.104. The van der Waals surface area contributed by atoms with Gasteiger partial charge < -0.3 is 14.6 Å². The van der Waals surface area contributed by atoms with Crippen LogP contribution in [0.1, 0.15) is 21.5 Å². The number of benzene rings is 3. The zero-order valence-corrected chi connectivity index (χ0v) is 15.6. The number of halogens is 2. The second-order valence-corrected chi connectivity index (χ2v) is 6.18. The molecule has 0 aliphatic heterocycles. The van der Waals surface area contributed by atoms with Crippen LogP contribution in [0.3, 0.4) is 0 Å². The molecule has 0 unspecified atom stereocenters. The van der Waals surface area contributed by atoms with E-state index in [1.807, 2.05) is 0 Å². The van der Waals surface area contributed by atoms with E-state index in [4.69, 9.17) is 9.47 Å². The fourth-order valence-corrected chi connectivity index (χ4v) is 2.66. The molecule has 4 nitrogen and oxygen atoms in total. The summed E-state index contributed by atoms with van der Waals surface area (Å²) in [6.45, 7) is -0.000680. The summed E-state index contributed by atoms with van der Waals surface area (Å²) in [7, 11) is 1.50. The molecule has 0 aromatic heterocycles. The number of hydrogen-bond donors (Lipinski definition) is 1. The number of ketones is 1. The lowest BCUT2D eigenvalue weighted by Crippen LogP contribution is -2.01. The molecule has 0 atom stereocenters. The quantitative estimate of drug-likeness (QED) is 0.443. The minimum atomic E-state index is -0.792. The minimum Gasteiger partial charge on any atom is -0.508 e. The van der Waals surface area contributed by atoms with E-state index in [0.29, 0.717) is 16.9 Å². The van der Waals surface area contributed by atoms with Crippen LogP contribution < -0.4 is 9.47 Å². The van der Waals surface area contributed by atoms with E-state index in [9.17, 15) is 18.7 Å². The molecule has 3 aromatic rings. The van der Waals surface area contributed by atoms with Gasteiger partial charge in [0, 0.05) is 17.2 Å². The predicted octanol–water partition coefficient (Wildman–Crippen LogP) is 5.15. The van der Waals surface area contributed by atoms with Gasteiger partial charge in [-0.2, -0.15) is 0 Å². The van der Waals surface area contributed by atoms with Crippen LogP contribution in [0.4, 0.5) is 8.78 Å². The van der Waals surface area contributed by atoms with Gasteiger partial charge >= 0.3 is 0 Å². The predicted molar refractivity (Wildman–Crippen MR) is 105 cm³/mol. The maximum atomic E-state index is 13.8. The van der Waals surface area contributed by atoms with Crippen molar-refractivity contribution in [2.45, 2.75) is 6.61 Å². The van der Waals surface area contributed by atoms with Crippen LogP contribution in [0.5, 0.6) is 17.2 Å². The molecule has 0 aliphatic carbocycles. The van der Waals surface area contributed by atoms with E-state index in [1.165, 1.54) is 43.5 Å². The first-order chi connectivity index (χ1) is 14.0. The van der Waals surface area contributed by atoms with Crippen molar-refractivity contribution >= 4 is 11.9 Å². The van der Waals surface area contributed by atoms with Crippen molar-refractivity contribution in [3.63, 3.8) is 0 Å². The van der Waals surface area contributed by atoms with Gasteiger partial charge in [-0.25, -0.2) is 8.78 Å². The number of rotatable bonds is 7. The SMILES string of the molecule is COc1ccc(C=CC(=O)c2ccc(O)cc2)cc1COc1ccc(F)cc1F. The summed E-state index contributed by atoms with van der Waals surface area (Å²) in [6, 6.07) is 14.3. The monoisotopic (exact) mass is 396 g/mol. The minimum absolute atomic E-state index is 0.000680. The van der Waals surface area contributed by atoms with Crippen molar-refractivity contribution in [3.8, 4) is 17.2 Å². The smallest absolute Gasteiger partial charge is 0.185 e. The summed E-state index contributed by atoms with van der Waals surface area (Å²) in [6.07, 6.45) is 3.05. The summed E-state index contributed by atoms with van der Waals surface area (Å²) < 4.78 is 37.5. The van der Waals surface area contributed by atoms with Crippen molar-refractivity contribution in [1.82, 2.24) is 0 Å². The van der Waals surface area contributed by atoms with E-state index in [1.54, 1.807) is 24.3 Å². The zero-order valence-electron chi connectivity index (χ0n) is 15.6. The van der Waals surface area contributed by atoms with Crippen molar-refractivity contribution in [2.75, 3.05) is 7.11 Å². The van der Waals surface area contributed by atoms with Gasteiger partial charge in [0.1, 0.15) is 23.9 Å². The number of aromatic hydroxyl groups is 1. The first kappa shape index (κ1) is 20.1. The van der Waals surface area contributed by atoms with E-state index in [0.717, 1.165) is 17.7 Å². The van der Waals surface area contributed by atoms with Crippen LogP contribution in [-0.2, 0) is 6.61 Å². The molecule has 6 heteroatoms. The average Bonchev–Trinajstić information content (AvgIpc) is 2.72. The van der Waals surface area contributed by atoms with E-state index >= 15 is 0 Å². The Kier molecular flexibility index (Phi) is 6.24. The number of phenols is 1. The van der Waals surface area contributed by atoms with Gasteiger partial charge in [-0.15, -0.1) is 0 Å². The fourth-order valence-electron chi connectivity index (χ4n) is 2.66. The molecule has 0 saturated heterocycles. The Hall–Kier alpha value is -3.67. The molecule has 0 spiro atoms. The highest BCUT2D eigenvalue weighted by Gasteiger charge is 2.09. The van der Waals surface area contributed by atoms with Gasteiger partial charge in [0.15, 0.2) is 17.3 Å². The summed E-state index contributed by atoms with van der Waals surface area (Å²) in [4.78, 5) is 12.2. The molecule has 0 saturated carbocycles. The normalized spacial score (nSPS) is 10.9. The Morgan fingerprint density at radius 1 is 1.00 bits per heavy atom. The molecule has 0 aliphatic rings. The van der Waals surface area contributed by atoms with Crippen LogP contribution in [0.2, 0.25) is 0 Å². The van der Waals surface area contributed by atoms with Gasteiger partial charge in [0.05, 0.1) is 7.11 Å². The Balaban J connectivity index is 1.75. The molecule has 0 amide bonds. The van der Waals surface area contributed by atoms with Gasteiger partial charge in [-0.1, -0.05) is 12.1 Å². The lowest BCUT2D eigenvalue weighted by atomic mass is 10.1. The van der Waals surface area contributed by atoms with Crippen LogP contribution >= 0.6 is 0 Å². The third-order valence-electron chi connectivity index (χ3n) is 4.16. The van der Waals surface area contributed by atoms with Gasteiger partial charge in [0.2, 0.25) is 0 Å². The molecule has 1 N–H and O–H groups in total. The first-order valence-corrected chi connectivity index (χ1v) is 8.72. The highest BCUT2D eigenvalue weighted by atomic mass is 19.1. The van der Waals surface area contributed by atoms with Crippen molar-refractivity contribution in [3.05, 3.63) is 95.1 Å². The standard InChI is InChI=1S/C23H18F2O4/c1-28-22-10-3-15(2-9-21(27)16-4-7-19(26)8-5-16)12-17(22)14-29-23-11-6-18(24)13-20(23)25/h2-13,26H,14H2,1H3. The Bertz CT molecular complexity index is 1040. The Morgan fingerprint density at radius 2 is 1.72 bits per heavy atom. The third-order valence-corrected chi connectivity index (χ3v) is 4.16. The maximum Gasteiger partial charge on any atom is 0.185 e. The summed E-state index contributed by atoms with van der Waals surface area (Å²) in [5, 5.41) is 9.29. The van der Waals surface area contributed by atoms with Crippen LogP contribution in [0.15, 0.2) is 66.7 Å². The van der Waals surface area contributed by atoms with Crippen LogP contribution in [0.25, 0.3) is 6.08 Å². The number of allylic oxidation sites excluding steroid dienone is 1. The van der Waals surface area contributed by atoms with E-state index in [-0.39, 0.29) is 23.9 Å². The second kappa shape index (κ2) is 9.01. The number of carbonyl (C=O) groups excluding carboxylic acids is 1. The number of phenolic OH excluding ortho intramolecular Hbond substituents is 1. The molecular formula is C23H18F2O4. The number of methoxy groups -OCH3 is 1. The Labute approximate surface area is 166 Å². The summed E-state index contributed by atoms with van der Waals surface area (Å²) in [5.74, 6) is -1.14. The van der Waals surface area contributed by atoms with E-state index in [2.05, 4.69) is 0 Å². The van der Waals surface area contributed by atoms with Gasteiger partial charge in [0.25, 0.3) is 0 Å². The molecular weight excluding hydrogens is 378 g/mol. The number of carbonyl (C=O) groups is 1. The molecule has 29 heavy (non-hydrogen) atoms. The van der Waals surface area contributed by atoms with Crippen molar-refractivity contribution < 1.29 is 28.2 Å². The lowest BCUT2D eigenvalue weighted by Gasteiger charge is -2.12. The maximum absolute atomic E-state index is 13.8. The molecule has 148 valence electrons. The molecule has 3 aromatic carbocycles. The first-order valence-electron chi connectivity index (χ1n) is 8.72. The Morgan fingerprint density at radius 3 is 2.41 bits per heavy atom. The molecule has 0 bridgehead atoms. The average molecular weight is 396 g/mol. The second-order valence-electron chi connectivity index (χ2n) is 6.18. The van der Waals surface area contributed by atoms with Crippen LogP contribution in [-0.4, -0.2) is 18.0 Å².